The second-order valence-corrected chi connectivity index (χ2v) is 22.0. The molecule has 8 nitrogen and oxygen atoms in total. The van der Waals surface area contributed by atoms with Crippen molar-refractivity contribution in [2.75, 3.05) is 26.4 Å². The van der Waals surface area contributed by atoms with E-state index in [0.717, 1.165) is 189 Å². The Morgan fingerprint density at radius 3 is 0.702 bits per heavy atom. The summed E-state index contributed by atoms with van der Waals surface area (Å²) in [4.78, 5) is 19.0. The molecule has 2 aliphatic rings. The van der Waals surface area contributed by atoms with Crippen molar-refractivity contribution in [3.05, 3.63) is 195 Å². The summed E-state index contributed by atoms with van der Waals surface area (Å²) in [6, 6.07) is 42.6. The molecule has 7 aromatic rings. The van der Waals surface area contributed by atoms with Crippen LogP contribution < -0.4 is 18.9 Å². The van der Waals surface area contributed by atoms with Gasteiger partial charge in [0.2, 0.25) is 0 Å². The molecule has 9 rings (SSSR count). The zero-order valence-electron chi connectivity index (χ0n) is 49.5. The molecule has 84 heavy (non-hydrogen) atoms. The van der Waals surface area contributed by atoms with E-state index in [2.05, 4.69) is 182 Å². The normalized spacial score (nSPS) is 11.6. The van der Waals surface area contributed by atoms with Gasteiger partial charge < -0.3 is 28.9 Å². The molecule has 8 heteroatoms. The van der Waals surface area contributed by atoms with Crippen LogP contribution in [0.4, 0.5) is 0 Å². The summed E-state index contributed by atoms with van der Waals surface area (Å²) in [5, 5.41) is 0. The van der Waals surface area contributed by atoms with Crippen molar-refractivity contribution in [3.63, 3.8) is 0 Å². The van der Waals surface area contributed by atoms with Crippen LogP contribution >= 0.6 is 0 Å². The van der Waals surface area contributed by atoms with Crippen LogP contribution in [0, 0.1) is 0 Å². The van der Waals surface area contributed by atoms with Crippen molar-refractivity contribution in [2.24, 2.45) is 0 Å². The predicted molar refractivity (Wildman–Crippen MR) is 356 cm³/mol. The Balaban J connectivity index is 1.17. The monoisotopic (exact) mass is 1120 g/mol. The molecule has 0 fully saturated rings. The maximum atomic E-state index is 6.30. The van der Waals surface area contributed by atoms with Crippen molar-refractivity contribution < 1.29 is 18.9 Å². The van der Waals surface area contributed by atoms with E-state index < -0.39 is 0 Å². The van der Waals surface area contributed by atoms with Crippen LogP contribution in [0.25, 0.3) is 90.9 Å². The molecule has 0 saturated heterocycles. The van der Waals surface area contributed by atoms with E-state index in [1.807, 2.05) is 24.3 Å². The van der Waals surface area contributed by atoms with Crippen molar-refractivity contribution in [1.82, 2.24) is 19.9 Å². The zero-order chi connectivity index (χ0) is 58.0. The number of nitrogens with one attached hydrogen (secondary N) is 2. The highest BCUT2D eigenvalue weighted by Crippen LogP contribution is 2.40. The van der Waals surface area contributed by atoms with E-state index in [9.17, 15) is 0 Å². The number of aromatic amines is 2. The first kappa shape index (κ1) is 60.2. The third-order valence-electron chi connectivity index (χ3n) is 15.6. The number of unbranched alkanes of at least 4 members (excludes halogenated alkanes) is 16. The third-order valence-corrected chi connectivity index (χ3v) is 15.6. The molecule has 0 unspecified atom stereocenters. The summed E-state index contributed by atoms with van der Waals surface area (Å²) < 4.78 is 25.2. The number of rotatable bonds is 36. The van der Waals surface area contributed by atoms with Gasteiger partial charge in [0.15, 0.2) is 0 Å². The molecule has 434 valence electrons. The van der Waals surface area contributed by atoms with Gasteiger partial charge in [-0.1, -0.05) is 124 Å². The molecule has 0 saturated carbocycles. The van der Waals surface area contributed by atoms with E-state index in [1.165, 1.54) is 51.4 Å². The molecule has 0 spiro atoms. The van der Waals surface area contributed by atoms with Crippen LogP contribution in [-0.2, 0) is 0 Å². The first-order chi connectivity index (χ1) is 41.5. The highest BCUT2D eigenvalue weighted by Gasteiger charge is 2.20. The van der Waals surface area contributed by atoms with Gasteiger partial charge in [-0.3, -0.25) is 0 Å². The number of aromatic nitrogens is 4. The second-order valence-electron chi connectivity index (χ2n) is 22.0. The first-order valence-corrected chi connectivity index (χ1v) is 31.1. The van der Waals surface area contributed by atoms with Crippen molar-refractivity contribution in [2.45, 2.75) is 128 Å². The number of fused-ring (bicyclic) bond motifs is 8. The van der Waals surface area contributed by atoms with E-state index in [0.29, 0.717) is 26.4 Å². The quantitative estimate of drug-likeness (QED) is 0.0300. The Morgan fingerprint density at radius 1 is 0.274 bits per heavy atom. The van der Waals surface area contributed by atoms with Crippen LogP contribution in [0.3, 0.4) is 0 Å². The Morgan fingerprint density at radius 2 is 0.488 bits per heavy atom. The molecule has 0 atom stereocenters. The lowest BCUT2D eigenvalue weighted by molar-refractivity contribution is 0.304. The fraction of sp³-hybridized carbons (Fsp3) is 0.316. The molecule has 0 amide bonds. The third kappa shape index (κ3) is 16.9. The van der Waals surface area contributed by atoms with Gasteiger partial charge in [-0.05, 0) is 196 Å². The highest BCUT2D eigenvalue weighted by atomic mass is 16.5. The number of allylic oxidation sites excluding steroid dienone is 4. The topological polar surface area (TPSA) is 94.3 Å². The van der Waals surface area contributed by atoms with E-state index >= 15 is 0 Å². The summed E-state index contributed by atoms with van der Waals surface area (Å²) in [7, 11) is 0. The highest BCUT2D eigenvalue weighted by molar-refractivity contribution is 6.00. The molecular weight excluding hydrogens is 1030 g/mol. The SMILES string of the molecule is C=CCCCCCCOc1ccc(-c2c3nc(c(-c4ccc(OCCCCCCC=C)cc4)c4ccc([nH]4)c(-c4ccc(OCCCCCCC=C)cc4)c4nc(c(-c5ccc(OCCCCCCC=C)cc5)c5ccc2[nH]5)C=C4)C=C3)cc1. The minimum atomic E-state index is 0.678. The Labute approximate surface area is 499 Å². The lowest BCUT2D eigenvalue weighted by atomic mass is 10.0. The lowest BCUT2D eigenvalue weighted by Gasteiger charge is -2.10. The van der Waals surface area contributed by atoms with Gasteiger partial charge in [0, 0.05) is 44.3 Å². The summed E-state index contributed by atoms with van der Waals surface area (Å²) in [5.74, 6) is 3.40. The Hall–Kier alpha value is -8.36. The molecule has 4 aromatic carbocycles. The second kappa shape index (κ2) is 32.5. The largest absolute Gasteiger partial charge is 0.494 e. The van der Waals surface area contributed by atoms with E-state index in [4.69, 9.17) is 28.9 Å². The molecule has 5 heterocycles. The minimum Gasteiger partial charge on any atom is -0.494 e. The molecule has 0 radical (unpaired) electrons. The summed E-state index contributed by atoms with van der Waals surface area (Å²) >= 11 is 0. The number of hydrogen-bond acceptors (Lipinski definition) is 6. The summed E-state index contributed by atoms with van der Waals surface area (Å²) in [5.41, 5.74) is 15.1. The average Bonchev–Trinajstić information content (AvgIpc) is 3.21. The first-order valence-electron chi connectivity index (χ1n) is 31.1. The number of H-pyrrole nitrogens is 2. The summed E-state index contributed by atoms with van der Waals surface area (Å²) in [6.07, 6.45) is 38.8. The van der Waals surface area contributed by atoms with E-state index in [-0.39, 0.29) is 0 Å². The van der Waals surface area contributed by atoms with Crippen LogP contribution in [0.5, 0.6) is 23.0 Å². The van der Waals surface area contributed by atoms with E-state index in [1.54, 1.807) is 0 Å². The van der Waals surface area contributed by atoms with Crippen molar-refractivity contribution in [1.29, 1.82) is 0 Å². The molecule has 3 aromatic heterocycles. The van der Waals surface area contributed by atoms with Gasteiger partial charge >= 0.3 is 0 Å². The maximum absolute atomic E-state index is 6.30. The fourth-order valence-electron chi connectivity index (χ4n) is 11.0. The van der Waals surface area contributed by atoms with Gasteiger partial charge in [-0.2, -0.15) is 0 Å². The van der Waals surface area contributed by atoms with Crippen LogP contribution in [0.2, 0.25) is 0 Å². The Kier molecular flexibility index (Phi) is 23.3. The van der Waals surface area contributed by atoms with Gasteiger partial charge in [0.25, 0.3) is 0 Å². The molecule has 8 bridgehead atoms. The number of ether oxygens (including phenoxy) is 4. The van der Waals surface area contributed by atoms with Gasteiger partial charge in [-0.15, -0.1) is 26.3 Å². The van der Waals surface area contributed by atoms with Crippen LogP contribution in [0.1, 0.15) is 151 Å². The van der Waals surface area contributed by atoms with Crippen LogP contribution in [-0.4, -0.2) is 46.4 Å². The molecular formula is C76H86N4O4. The van der Waals surface area contributed by atoms with Crippen LogP contribution in [0.15, 0.2) is 172 Å². The minimum absolute atomic E-state index is 0.678. The van der Waals surface area contributed by atoms with Crippen molar-refractivity contribution >= 4 is 46.4 Å². The summed E-state index contributed by atoms with van der Waals surface area (Å²) in [6.45, 7) is 18.2. The Bertz CT molecular complexity index is 3020. The lowest BCUT2D eigenvalue weighted by Crippen LogP contribution is -1.97. The molecule has 0 aliphatic carbocycles. The predicted octanol–water partition coefficient (Wildman–Crippen LogP) is 21.4. The smallest absolute Gasteiger partial charge is 0.119 e. The zero-order valence-corrected chi connectivity index (χ0v) is 49.5. The maximum Gasteiger partial charge on any atom is 0.119 e. The van der Waals surface area contributed by atoms with Gasteiger partial charge in [0.1, 0.15) is 23.0 Å². The van der Waals surface area contributed by atoms with Gasteiger partial charge in [-0.25, -0.2) is 9.97 Å². The van der Waals surface area contributed by atoms with Crippen molar-refractivity contribution in [3.8, 4) is 67.5 Å². The standard InChI is InChI=1S/C76H86N4O4/c1-5-9-13-17-21-25-53-81-61-37-29-57(30-38-61)73-65-45-47-67(77-65)74(58-31-39-62(40-32-58)82-54-26-22-18-14-10-6-2)69-49-51-71(79-69)76(60-35-43-64(44-36-60)84-56-28-24-20-16-12-8-4)72-52-50-70(80-72)75(68-48-46-66(73)78-68)59-33-41-63(42-34-59)83-55-27-23-19-15-11-7-3/h5-8,29-52,77,80H,1-4,9-28,53-56H2. The average molecular weight is 1120 g/mol. The number of hydrogen-bond donors (Lipinski definition) is 2. The van der Waals surface area contributed by atoms with Gasteiger partial charge in [0.05, 0.1) is 49.2 Å². The number of benzene rings is 4. The molecule has 2 aliphatic heterocycles. The molecule has 2 N–H and O–H groups in total. The number of nitrogens with zero attached hydrogens (tertiary/aromatic N) is 2. The fourth-order valence-corrected chi connectivity index (χ4v) is 11.0.